The molecular formula is C15H15FN2O3. The Morgan fingerprint density at radius 1 is 1.29 bits per heavy atom. The maximum Gasteiger partial charge on any atom is 0.245 e. The van der Waals surface area contributed by atoms with Gasteiger partial charge in [0.05, 0.1) is 25.5 Å². The molecule has 21 heavy (non-hydrogen) atoms. The normalized spacial score (nSPS) is 10.2. The van der Waals surface area contributed by atoms with Crippen molar-refractivity contribution in [3.8, 4) is 0 Å². The van der Waals surface area contributed by atoms with Gasteiger partial charge in [0.1, 0.15) is 5.82 Å². The van der Waals surface area contributed by atoms with Gasteiger partial charge in [-0.1, -0.05) is 12.1 Å². The largest absolute Gasteiger partial charge is 0.472 e. The van der Waals surface area contributed by atoms with E-state index < -0.39 is 5.82 Å². The van der Waals surface area contributed by atoms with Gasteiger partial charge in [0.15, 0.2) is 0 Å². The summed E-state index contributed by atoms with van der Waals surface area (Å²) < 4.78 is 18.1. The topological polar surface area (TPSA) is 62.6 Å². The van der Waals surface area contributed by atoms with Crippen LogP contribution in [-0.4, -0.2) is 16.8 Å². The Morgan fingerprint density at radius 2 is 2.10 bits per heavy atom. The molecule has 2 aromatic rings. The second-order valence-electron chi connectivity index (χ2n) is 4.59. The monoisotopic (exact) mass is 290 g/mol. The number of hydrogen-bond donors (Lipinski definition) is 1. The molecule has 2 rings (SSSR count). The molecule has 0 aliphatic carbocycles. The van der Waals surface area contributed by atoms with Crippen LogP contribution in [-0.2, 0) is 22.6 Å². The Morgan fingerprint density at radius 3 is 2.71 bits per heavy atom. The van der Waals surface area contributed by atoms with Crippen LogP contribution in [0, 0.1) is 5.82 Å². The number of hydrazine groups is 1. The summed E-state index contributed by atoms with van der Waals surface area (Å²) in [5, 5.41) is 1.17. The molecule has 0 aliphatic heterocycles. The third kappa shape index (κ3) is 4.45. The summed E-state index contributed by atoms with van der Waals surface area (Å²) in [6.45, 7) is 1.40. The summed E-state index contributed by atoms with van der Waals surface area (Å²) >= 11 is 0. The van der Waals surface area contributed by atoms with E-state index in [-0.39, 0.29) is 24.8 Å². The van der Waals surface area contributed by atoms with Gasteiger partial charge in [0.2, 0.25) is 11.8 Å². The first-order valence-electron chi connectivity index (χ1n) is 6.37. The number of nitrogens with one attached hydrogen (secondary N) is 1. The Bertz CT molecular complexity index is 626. The summed E-state index contributed by atoms with van der Waals surface area (Å²) in [5.41, 5.74) is 3.74. The first-order valence-corrected chi connectivity index (χ1v) is 6.37. The fourth-order valence-corrected chi connectivity index (χ4v) is 1.86. The van der Waals surface area contributed by atoms with Crippen LogP contribution in [0.4, 0.5) is 4.39 Å². The number of benzene rings is 1. The van der Waals surface area contributed by atoms with E-state index >= 15 is 0 Å². The molecule has 0 saturated carbocycles. The minimum absolute atomic E-state index is 0.0894. The van der Waals surface area contributed by atoms with Gasteiger partial charge in [-0.15, -0.1) is 0 Å². The number of carbonyl (C=O) groups excluding carboxylic acids is 2. The van der Waals surface area contributed by atoms with Crippen LogP contribution in [0.1, 0.15) is 18.1 Å². The van der Waals surface area contributed by atoms with Crippen LogP contribution in [0.25, 0.3) is 0 Å². The standard InChI is InChI=1S/C15H15FN2O3/c1-11(19)17-18(9-12-3-2-4-14(16)7-12)15(20)8-13-5-6-21-10-13/h2-7,10H,8-9H2,1H3,(H,17,19). The van der Waals surface area contributed by atoms with Crippen LogP contribution in [0.5, 0.6) is 0 Å². The lowest BCUT2D eigenvalue weighted by Gasteiger charge is -2.22. The van der Waals surface area contributed by atoms with E-state index in [1.165, 1.54) is 36.6 Å². The average Bonchev–Trinajstić information content (AvgIpc) is 2.90. The average molecular weight is 290 g/mol. The molecule has 2 amide bonds. The molecule has 0 bridgehead atoms. The number of amides is 2. The van der Waals surface area contributed by atoms with Gasteiger partial charge in [-0.2, -0.15) is 0 Å². The van der Waals surface area contributed by atoms with Crippen LogP contribution >= 0.6 is 0 Å². The van der Waals surface area contributed by atoms with E-state index in [0.717, 1.165) is 0 Å². The lowest BCUT2D eigenvalue weighted by atomic mass is 10.2. The lowest BCUT2D eigenvalue weighted by Crippen LogP contribution is -2.45. The van der Waals surface area contributed by atoms with E-state index in [1.807, 2.05) is 0 Å². The van der Waals surface area contributed by atoms with E-state index in [2.05, 4.69) is 5.43 Å². The Balaban J connectivity index is 2.10. The van der Waals surface area contributed by atoms with Gasteiger partial charge in [0, 0.05) is 6.92 Å². The van der Waals surface area contributed by atoms with Crippen LogP contribution in [0.2, 0.25) is 0 Å². The molecular weight excluding hydrogens is 275 g/mol. The summed E-state index contributed by atoms with van der Waals surface area (Å²) in [5.74, 6) is -1.07. The zero-order chi connectivity index (χ0) is 15.2. The quantitative estimate of drug-likeness (QED) is 0.876. The molecule has 1 aromatic heterocycles. The highest BCUT2D eigenvalue weighted by molar-refractivity contribution is 5.82. The minimum Gasteiger partial charge on any atom is -0.472 e. The van der Waals surface area contributed by atoms with Crippen molar-refractivity contribution in [3.05, 3.63) is 59.8 Å². The second kappa shape index (κ2) is 6.69. The molecule has 0 spiro atoms. The van der Waals surface area contributed by atoms with Crippen molar-refractivity contribution in [2.75, 3.05) is 0 Å². The third-order valence-corrected chi connectivity index (χ3v) is 2.76. The summed E-state index contributed by atoms with van der Waals surface area (Å²) in [6, 6.07) is 7.55. The number of furan rings is 1. The number of rotatable bonds is 4. The zero-order valence-electron chi connectivity index (χ0n) is 11.5. The highest BCUT2D eigenvalue weighted by Gasteiger charge is 2.16. The van der Waals surface area contributed by atoms with E-state index in [0.29, 0.717) is 11.1 Å². The molecule has 5 nitrogen and oxygen atoms in total. The number of nitrogens with zero attached hydrogens (tertiary/aromatic N) is 1. The van der Waals surface area contributed by atoms with Crippen molar-refractivity contribution >= 4 is 11.8 Å². The van der Waals surface area contributed by atoms with Crippen molar-refractivity contribution in [1.82, 2.24) is 10.4 Å². The van der Waals surface area contributed by atoms with Crippen LogP contribution < -0.4 is 5.43 Å². The van der Waals surface area contributed by atoms with Gasteiger partial charge in [-0.05, 0) is 29.3 Å². The number of halogens is 1. The maximum atomic E-state index is 13.2. The first kappa shape index (κ1) is 14.8. The zero-order valence-corrected chi connectivity index (χ0v) is 11.5. The summed E-state index contributed by atoms with van der Waals surface area (Å²) in [6.07, 6.45) is 3.02. The van der Waals surface area contributed by atoms with Gasteiger partial charge >= 0.3 is 0 Å². The van der Waals surface area contributed by atoms with Gasteiger partial charge in [-0.3, -0.25) is 15.0 Å². The summed E-state index contributed by atoms with van der Waals surface area (Å²) in [4.78, 5) is 23.4. The second-order valence-corrected chi connectivity index (χ2v) is 4.59. The smallest absolute Gasteiger partial charge is 0.245 e. The van der Waals surface area contributed by atoms with E-state index in [1.54, 1.807) is 18.2 Å². The number of hydrogen-bond acceptors (Lipinski definition) is 3. The lowest BCUT2D eigenvalue weighted by molar-refractivity contribution is -0.140. The van der Waals surface area contributed by atoms with Crippen molar-refractivity contribution in [2.45, 2.75) is 19.9 Å². The molecule has 0 aliphatic rings. The fourth-order valence-electron chi connectivity index (χ4n) is 1.86. The molecule has 1 N–H and O–H groups in total. The van der Waals surface area contributed by atoms with Crippen LogP contribution in [0.3, 0.4) is 0 Å². The van der Waals surface area contributed by atoms with Crippen molar-refractivity contribution in [3.63, 3.8) is 0 Å². The highest BCUT2D eigenvalue weighted by atomic mass is 19.1. The molecule has 110 valence electrons. The minimum atomic E-state index is -0.391. The SMILES string of the molecule is CC(=O)NN(Cc1cccc(F)c1)C(=O)Cc1ccoc1. The fraction of sp³-hybridized carbons (Fsp3) is 0.200. The molecule has 0 saturated heterocycles. The van der Waals surface area contributed by atoms with Crippen molar-refractivity contribution in [2.24, 2.45) is 0 Å². The highest BCUT2D eigenvalue weighted by Crippen LogP contribution is 2.09. The molecule has 6 heteroatoms. The Kier molecular flexibility index (Phi) is 4.71. The first-order chi connectivity index (χ1) is 10.0. The Labute approximate surface area is 121 Å². The third-order valence-electron chi connectivity index (χ3n) is 2.76. The predicted molar refractivity (Wildman–Crippen MR) is 73.2 cm³/mol. The molecule has 1 heterocycles. The van der Waals surface area contributed by atoms with E-state index in [9.17, 15) is 14.0 Å². The molecule has 0 unspecified atom stereocenters. The molecule has 1 aromatic carbocycles. The van der Waals surface area contributed by atoms with Gasteiger partial charge in [-0.25, -0.2) is 9.40 Å². The molecule has 0 radical (unpaired) electrons. The molecule has 0 atom stereocenters. The Hall–Kier alpha value is -2.63. The van der Waals surface area contributed by atoms with Crippen LogP contribution in [0.15, 0.2) is 47.3 Å². The van der Waals surface area contributed by atoms with E-state index in [4.69, 9.17) is 4.42 Å². The van der Waals surface area contributed by atoms with Gasteiger partial charge < -0.3 is 4.42 Å². The summed E-state index contributed by atoms with van der Waals surface area (Å²) in [7, 11) is 0. The van der Waals surface area contributed by atoms with Crippen molar-refractivity contribution < 1.29 is 18.4 Å². The van der Waals surface area contributed by atoms with Crippen molar-refractivity contribution in [1.29, 1.82) is 0 Å². The maximum absolute atomic E-state index is 13.2. The van der Waals surface area contributed by atoms with Gasteiger partial charge in [0.25, 0.3) is 0 Å². The molecule has 0 fully saturated rings. The predicted octanol–water partition coefficient (Wildman–Crippen LogP) is 2.04. The number of carbonyl (C=O) groups is 2.